The molecule has 0 aliphatic heterocycles. The van der Waals surface area contributed by atoms with Crippen molar-refractivity contribution in [3.63, 3.8) is 0 Å². The number of pyridine rings is 1. The lowest BCUT2D eigenvalue weighted by Crippen LogP contribution is -3.00. The molecule has 0 unspecified atom stereocenters. The largest absolute Gasteiger partial charge is 1.00 e. The van der Waals surface area contributed by atoms with E-state index < -0.39 is 0 Å². The molecule has 0 spiro atoms. The molecule has 4 nitrogen and oxygen atoms in total. The number of hydrogen-bond acceptors (Lipinski definition) is 1. The van der Waals surface area contributed by atoms with Crippen LogP contribution in [-0.4, -0.2) is 10.5 Å². The molecule has 0 atom stereocenters. The topological polar surface area (TPSA) is 38.1 Å². The molecule has 0 fully saturated rings. The van der Waals surface area contributed by atoms with Gasteiger partial charge >= 0.3 is 0 Å². The van der Waals surface area contributed by atoms with Crippen LogP contribution in [0.15, 0.2) is 67.0 Å². The van der Waals surface area contributed by atoms with Gasteiger partial charge in [-0.3, -0.25) is 4.79 Å². The Bertz CT molecular complexity index is 1070. The average molecular weight is 396 g/mol. The molecule has 5 heteroatoms. The highest BCUT2D eigenvalue weighted by molar-refractivity contribution is 5.93. The van der Waals surface area contributed by atoms with E-state index in [1.807, 2.05) is 24.3 Å². The summed E-state index contributed by atoms with van der Waals surface area (Å²) in [6.45, 7) is 1.51. The van der Waals surface area contributed by atoms with Gasteiger partial charge < -0.3 is 22.3 Å². The first-order valence-corrected chi connectivity index (χ1v) is 7.90. The highest BCUT2D eigenvalue weighted by Crippen LogP contribution is 2.25. The fourth-order valence-electron chi connectivity index (χ4n) is 3.20. The standard InChI is InChI=1S/C20H17N3O.BrH/c1-14(24)21-17-9-7-16(8-10-17)19-13-23-12-11-15-5-3-4-6-18(15)20(23)22(19)2;/h3-13H,1-2H3;1H. The van der Waals surface area contributed by atoms with Crippen LogP contribution < -0.4 is 26.7 Å². The minimum Gasteiger partial charge on any atom is -1.00 e. The van der Waals surface area contributed by atoms with Gasteiger partial charge in [0.15, 0.2) is 5.69 Å². The number of fused-ring (bicyclic) bond motifs is 3. The van der Waals surface area contributed by atoms with Crippen LogP contribution in [0, 0.1) is 0 Å². The van der Waals surface area contributed by atoms with Crippen LogP contribution in [0.5, 0.6) is 0 Å². The minimum absolute atomic E-state index is 0. The first-order valence-electron chi connectivity index (χ1n) is 7.90. The average Bonchev–Trinajstić information content (AvgIpc) is 2.92. The van der Waals surface area contributed by atoms with Crippen LogP contribution in [-0.2, 0) is 11.8 Å². The van der Waals surface area contributed by atoms with Gasteiger partial charge in [-0.1, -0.05) is 18.2 Å². The number of rotatable bonds is 2. The Morgan fingerprint density at radius 3 is 2.48 bits per heavy atom. The lowest BCUT2D eigenvalue weighted by molar-refractivity contribution is -0.509. The van der Waals surface area contributed by atoms with Crippen molar-refractivity contribution in [3.05, 3.63) is 67.0 Å². The van der Waals surface area contributed by atoms with Crippen molar-refractivity contribution in [2.24, 2.45) is 7.05 Å². The second kappa shape index (κ2) is 6.69. The van der Waals surface area contributed by atoms with Gasteiger partial charge in [0.2, 0.25) is 5.91 Å². The van der Waals surface area contributed by atoms with Crippen LogP contribution in [0.3, 0.4) is 0 Å². The maximum atomic E-state index is 11.1. The Morgan fingerprint density at radius 1 is 1.04 bits per heavy atom. The van der Waals surface area contributed by atoms with Crippen molar-refractivity contribution < 1.29 is 26.2 Å². The Kier molecular flexibility index (Phi) is 4.59. The van der Waals surface area contributed by atoms with Crippen molar-refractivity contribution >= 4 is 28.0 Å². The number of carbonyl (C=O) groups is 1. The van der Waals surface area contributed by atoms with E-state index in [-0.39, 0.29) is 22.9 Å². The monoisotopic (exact) mass is 395 g/mol. The normalized spacial score (nSPS) is 10.6. The van der Waals surface area contributed by atoms with Crippen LogP contribution in [0.25, 0.3) is 27.7 Å². The van der Waals surface area contributed by atoms with Crippen LogP contribution >= 0.6 is 0 Å². The predicted molar refractivity (Wildman–Crippen MR) is 95.8 cm³/mol. The van der Waals surface area contributed by atoms with Gasteiger partial charge in [0, 0.05) is 18.2 Å². The second-order valence-electron chi connectivity index (χ2n) is 5.97. The number of nitrogens with one attached hydrogen (secondary N) is 1. The summed E-state index contributed by atoms with van der Waals surface area (Å²) >= 11 is 0. The molecule has 0 saturated carbocycles. The maximum Gasteiger partial charge on any atom is 0.294 e. The first-order chi connectivity index (χ1) is 11.6. The smallest absolute Gasteiger partial charge is 0.294 e. The zero-order chi connectivity index (χ0) is 16.7. The zero-order valence-corrected chi connectivity index (χ0v) is 15.6. The fraction of sp³-hybridized carbons (Fsp3) is 0.100. The summed E-state index contributed by atoms with van der Waals surface area (Å²) in [5.41, 5.74) is 4.21. The number of halogens is 1. The number of imidazole rings is 1. The molecule has 0 aliphatic rings. The van der Waals surface area contributed by atoms with E-state index in [2.05, 4.69) is 64.1 Å². The Hall–Kier alpha value is -2.66. The molecule has 0 bridgehead atoms. The summed E-state index contributed by atoms with van der Waals surface area (Å²) in [4.78, 5) is 11.1. The Balaban J connectivity index is 0.00000182. The lowest BCUT2D eigenvalue weighted by atomic mass is 10.1. The number of aryl methyl sites for hydroxylation is 1. The molecular formula is C20H18BrN3O. The van der Waals surface area contributed by atoms with Crippen molar-refractivity contribution in [1.29, 1.82) is 0 Å². The highest BCUT2D eigenvalue weighted by atomic mass is 79.9. The molecular weight excluding hydrogens is 378 g/mol. The summed E-state index contributed by atoms with van der Waals surface area (Å²) in [5, 5.41) is 5.25. The minimum atomic E-state index is -0.0608. The van der Waals surface area contributed by atoms with Gasteiger partial charge in [0.25, 0.3) is 5.65 Å². The zero-order valence-electron chi connectivity index (χ0n) is 14.0. The van der Waals surface area contributed by atoms with Gasteiger partial charge in [0.1, 0.15) is 6.20 Å². The molecule has 2 heterocycles. The molecule has 2 aromatic heterocycles. The van der Waals surface area contributed by atoms with E-state index in [0.717, 1.165) is 22.6 Å². The van der Waals surface area contributed by atoms with Crippen LogP contribution in [0.4, 0.5) is 5.69 Å². The van der Waals surface area contributed by atoms with E-state index in [1.54, 1.807) is 0 Å². The molecule has 25 heavy (non-hydrogen) atoms. The summed E-state index contributed by atoms with van der Waals surface area (Å²) in [6, 6.07) is 18.4. The maximum absolute atomic E-state index is 11.1. The van der Waals surface area contributed by atoms with E-state index >= 15 is 0 Å². The molecule has 1 amide bonds. The van der Waals surface area contributed by atoms with Gasteiger partial charge in [-0.05, 0) is 41.8 Å². The summed E-state index contributed by atoms with van der Waals surface area (Å²) in [5.74, 6) is -0.0608. The molecule has 4 aromatic rings. The fourth-order valence-corrected chi connectivity index (χ4v) is 3.20. The number of hydrogen-bond donors (Lipinski definition) is 1. The van der Waals surface area contributed by atoms with E-state index in [1.165, 1.54) is 17.7 Å². The molecule has 1 N–H and O–H groups in total. The quantitative estimate of drug-likeness (QED) is 0.494. The summed E-state index contributed by atoms with van der Waals surface area (Å²) in [6.07, 6.45) is 4.22. The number of aromatic nitrogens is 2. The van der Waals surface area contributed by atoms with E-state index in [9.17, 15) is 4.79 Å². The van der Waals surface area contributed by atoms with Crippen molar-refractivity contribution in [2.75, 3.05) is 5.32 Å². The van der Waals surface area contributed by atoms with Crippen molar-refractivity contribution in [3.8, 4) is 11.3 Å². The van der Waals surface area contributed by atoms with Crippen LogP contribution in [0.2, 0.25) is 0 Å². The number of nitrogens with zero attached hydrogens (tertiary/aromatic N) is 2. The third-order valence-corrected chi connectivity index (χ3v) is 4.30. The molecule has 2 aromatic carbocycles. The van der Waals surface area contributed by atoms with Crippen molar-refractivity contribution in [2.45, 2.75) is 6.92 Å². The lowest BCUT2D eigenvalue weighted by Gasteiger charge is -2.03. The van der Waals surface area contributed by atoms with Crippen LogP contribution in [0.1, 0.15) is 6.92 Å². The highest BCUT2D eigenvalue weighted by Gasteiger charge is 2.18. The number of anilines is 1. The Labute approximate surface area is 156 Å². The summed E-state index contributed by atoms with van der Waals surface area (Å²) in [7, 11) is 2.08. The number of amides is 1. The van der Waals surface area contributed by atoms with Gasteiger partial charge in [-0.25, -0.2) is 8.97 Å². The Morgan fingerprint density at radius 2 is 1.76 bits per heavy atom. The van der Waals surface area contributed by atoms with Crippen molar-refractivity contribution in [1.82, 2.24) is 4.57 Å². The van der Waals surface area contributed by atoms with Gasteiger partial charge in [0.05, 0.1) is 18.6 Å². The SMILES string of the molecule is CC(=O)Nc1ccc(-c2c[n+]3ccc4ccccc4c3n2C)cc1.[Br-]. The second-order valence-corrected chi connectivity index (χ2v) is 5.97. The third-order valence-electron chi connectivity index (χ3n) is 4.30. The molecule has 0 radical (unpaired) electrons. The first kappa shape index (κ1) is 17.2. The summed E-state index contributed by atoms with van der Waals surface area (Å²) < 4.78 is 4.36. The van der Waals surface area contributed by atoms with E-state index in [0.29, 0.717) is 0 Å². The third kappa shape index (κ3) is 3.03. The molecule has 4 rings (SSSR count). The van der Waals surface area contributed by atoms with Gasteiger partial charge in [-0.2, -0.15) is 0 Å². The van der Waals surface area contributed by atoms with Gasteiger partial charge in [-0.15, -0.1) is 0 Å². The predicted octanol–water partition coefficient (Wildman–Crippen LogP) is 0.546. The molecule has 0 aliphatic carbocycles. The molecule has 126 valence electrons. The number of benzene rings is 2. The van der Waals surface area contributed by atoms with E-state index in [4.69, 9.17) is 0 Å². The molecule has 0 saturated heterocycles. The number of carbonyl (C=O) groups excluding carboxylic acids is 1.